The minimum absolute atomic E-state index is 0.390. The van der Waals surface area contributed by atoms with E-state index in [4.69, 9.17) is 11.6 Å². The highest BCUT2D eigenvalue weighted by molar-refractivity contribution is 9.10. The molecule has 1 aromatic rings. The van der Waals surface area contributed by atoms with Crippen LogP contribution >= 0.6 is 27.5 Å². The average molecular weight is 344 g/mol. The predicted molar refractivity (Wildman–Crippen MR) is 83.6 cm³/mol. The van der Waals surface area contributed by atoms with Crippen molar-refractivity contribution in [2.75, 3.05) is 19.6 Å². The molecule has 3 rings (SSSR count). The van der Waals surface area contributed by atoms with Gasteiger partial charge in [-0.3, -0.25) is 4.90 Å². The second kappa shape index (κ2) is 5.36. The standard InChI is InChI=1S/C15H20BrClN2/c1-9(13-4-3-12(16)5-15(13)17)19-8-11-6-18-7-14(11)10(19)2/h3-5,9-11,14,18H,6-8H2,1-2H3. The summed E-state index contributed by atoms with van der Waals surface area (Å²) in [6, 6.07) is 7.25. The summed E-state index contributed by atoms with van der Waals surface area (Å²) in [6.45, 7) is 8.17. The maximum absolute atomic E-state index is 6.40. The monoisotopic (exact) mass is 342 g/mol. The Morgan fingerprint density at radius 2 is 2.21 bits per heavy atom. The average Bonchev–Trinajstić information content (AvgIpc) is 2.92. The van der Waals surface area contributed by atoms with Crippen molar-refractivity contribution in [2.24, 2.45) is 11.8 Å². The van der Waals surface area contributed by atoms with E-state index in [0.717, 1.165) is 21.3 Å². The molecule has 2 aliphatic heterocycles. The molecule has 4 unspecified atom stereocenters. The van der Waals surface area contributed by atoms with Crippen molar-refractivity contribution in [2.45, 2.75) is 25.9 Å². The lowest BCUT2D eigenvalue weighted by Crippen LogP contribution is -2.35. The van der Waals surface area contributed by atoms with Gasteiger partial charge in [0.1, 0.15) is 0 Å². The van der Waals surface area contributed by atoms with Crippen LogP contribution in [0.1, 0.15) is 25.5 Å². The highest BCUT2D eigenvalue weighted by Crippen LogP contribution is 2.39. The zero-order valence-electron chi connectivity index (χ0n) is 11.4. The van der Waals surface area contributed by atoms with Gasteiger partial charge < -0.3 is 5.32 Å². The van der Waals surface area contributed by atoms with Gasteiger partial charge >= 0.3 is 0 Å². The van der Waals surface area contributed by atoms with E-state index in [1.807, 2.05) is 6.07 Å². The molecular formula is C15H20BrClN2. The van der Waals surface area contributed by atoms with Gasteiger partial charge in [0.05, 0.1) is 0 Å². The van der Waals surface area contributed by atoms with E-state index in [2.05, 4.69) is 52.1 Å². The van der Waals surface area contributed by atoms with E-state index in [9.17, 15) is 0 Å². The maximum Gasteiger partial charge on any atom is 0.0464 e. The minimum Gasteiger partial charge on any atom is -0.316 e. The Hall–Kier alpha value is -0.0900. The van der Waals surface area contributed by atoms with Crippen molar-refractivity contribution < 1.29 is 0 Å². The Morgan fingerprint density at radius 3 is 2.89 bits per heavy atom. The van der Waals surface area contributed by atoms with E-state index in [1.165, 1.54) is 25.2 Å². The molecule has 2 heterocycles. The summed E-state index contributed by atoms with van der Waals surface area (Å²) in [5, 5.41) is 4.38. The Bertz CT molecular complexity index is 479. The third kappa shape index (κ3) is 2.46. The van der Waals surface area contributed by atoms with Gasteiger partial charge in [-0.1, -0.05) is 33.6 Å². The lowest BCUT2D eigenvalue weighted by atomic mass is 9.95. The Labute approximate surface area is 128 Å². The van der Waals surface area contributed by atoms with E-state index >= 15 is 0 Å². The predicted octanol–water partition coefficient (Wildman–Crippen LogP) is 3.70. The SMILES string of the molecule is CC(c1ccc(Br)cc1Cl)N1CC2CNCC2C1C. The molecule has 0 aromatic heterocycles. The van der Waals surface area contributed by atoms with Crippen molar-refractivity contribution >= 4 is 27.5 Å². The van der Waals surface area contributed by atoms with Crippen molar-refractivity contribution in [3.63, 3.8) is 0 Å². The van der Waals surface area contributed by atoms with Crippen molar-refractivity contribution in [1.29, 1.82) is 0 Å². The molecule has 0 aliphatic carbocycles. The zero-order chi connectivity index (χ0) is 13.6. The van der Waals surface area contributed by atoms with Crippen LogP contribution in [-0.4, -0.2) is 30.6 Å². The molecule has 1 aromatic carbocycles. The first kappa shape index (κ1) is 13.9. The van der Waals surface area contributed by atoms with E-state index in [1.54, 1.807) is 0 Å². The Morgan fingerprint density at radius 1 is 1.42 bits per heavy atom. The Balaban J connectivity index is 1.82. The first-order valence-corrected chi connectivity index (χ1v) is 8.16. The number of benzene rings is 1. The van der Waals surface area contributed by atoms with Gasteiger partial charge in [-0.05, 0) is 56.5 Å². The fraction of sp³-hybridized carbons (Fsp3) is 0.600. The second-order valence-electron chi connectivity index (χ2n) is 5.86. The molecule has 0 saturated carbocycles. The van der Waals surface area contributed by atoms with Gasteiger partial charge in [-0.15, -0.1) is 0 Å². The molecule has 4 atom stereocenters. The van der Waals surface area contributed by atoms with Crippen LogP contribution in [0, 0.1) is 11.8 Å². The quantitative estimate of drug-likeness (QED) is 0.881. The smallest absolute Gasteiger partial charge is 0.0464 e. The van der Waals surface area contributed by atoms with Gasteiger partial charge in [0.15, 0.2) is 0 Å². The fourth-order valence-corrected chi connectivity index (χ4v) is 4.56. The number of hydrogen-bond donors (Lipinski definition) is 1. The largest absolute Gasteiger partial charge is 0.316 e. The Kier molecular flexibility index (Phi) is 3.91. The summed E-state index contributed by atoms with van der Waals surface area (Å²) in [7, 11) is 0. The minimum atomic E-state index is 0.390. The number of nitrogens with zero attached hydrogens (tertiary/aromatic N) is 1. The summed E-state index contributed by atoms with van der Waals surface area (Å²) in [6.07, 6.45) is 0. The summed E-state index contributed by atoms with van der Waals surface area (Å²) in [5.74, 6) is 1.61. The summed E-state index contributed by atoms with van der Waals surface area (Å²) in [4.78, 5) is 2.62. The number of likely N-dealkylation sites (tertiary alicyclic amines) is 1. The number of halogens is 2. The highest BCUT2D eigenvalue weighted by Gasteiger charge is 2.43. The molecule has 2 fully saturated rings. The van der Waals surface area contributed by atoms with Crippen molar-refractivity contribution in [3.05, 3.63) is 33.3 Å². The third-order valence-corrected chi connectivity index (χ3v) is 5.71. The molecule has 0 spiro atoms. The summed E-state index contributed by atoms with van der Waals surface area (Å²) < 4.78 is 1.05. The number of rotatable bonds is 2. The molecule has 0 radical (unpaired) electrons. The third-order valence-electron chi connectivity index (χ3n) is 4.89. The topological polar surface area (TPSA) is 15.3 Å². The normalized spacial score (nSPS) is 32.5. The van der Waals surface area contributed by atoms with Crippen LogP contribution in [0.25, 0.3) is 0 Å². The zero-order valence-corrected chi connectivity index (χ0v) is 13.7. The molecule has 0 amide bonds. The van der Waals surface area contributed by atoms with E-state index < -0.39 is 0 Å². The first-order chi connectivity index (χ1) is 9.08. The van der Waals surface area contributed by atoms with Crippen LogP contribution in [-0.2, 0) is 0 Å². The van der Waals surface area contributed by atoms with Gasteiger partial charge in [0.2, 0.25) is 0 Å². The molecule has 2 nitrogen and oxygen atoms in total. The van der Waals surface area contributed by atoms with Crippen molar-refractivity contribution in [3.8, 4) is 0 Å². The van der Waals surface area contributed by atoms with Crippen molar-refractivity contribution in [1.82, 2.24) is 10.2 Å². The van der Waals surface area contributed by atoms with Crippen LogP contribution in [0.15, 0.2) is 22.7 Å². The second-order valence-corrected chi connectivity index (χ2v) is 7.18. The van der Waals surface area contributed by atoms with Crippen LogP contribution < -0.4 is 5.32 Å². The molecule has 4 heteroatoms. The summed E-state index contributed by atoms with van der Waals surface area (Å²) >= 11 is 9.88. The number of fused-ring (bicyclic) bond motifs is 1. The molecule has 2 aliphatic rings. The number of nitrogens with one attached hydrogen (secondary N) is 1. The first-order valence-electron chi connectivity index (χ1n) is 6.99. The van der Waals surface area contributed by atoms with Crippen LogP contribution in [0.3, 0.4) is 0 Å². The van der Waals surface area contributed by atoms with Gasteiger partial charge in [0.25, 0.3) is 0 Å². The van der Waals surface area contributed by atoms with Crippen LogP contribution in [0.2, 0.25) is 5.02 Å². The van der Waals surface area contributed by atoms with Gasteiger partial charge in [-0.2, -0.15) is 0 Å². The molecule has 2 saturated heterocycles. The highest BCUT2D eigenvalue weighted by atomic mass is 79.9. The van der Waals surface area contributed by atoms with E-state index in [0.29, 0.717) is 12.1 Å². The number of hydrogen-bond acceptors (Lipinski definition) is 2. The van der Waals surface area contributed by atoms with E-state index in [-0.39, 0.29) is 0 Å². The molecule has 104 valence electrons. The van der Waals surface area contributed by atoms with Gasteiger partial charge in [-0.25, -0.2) is 0 Å². The van der Waals surface area contributed by atoms with Crippen LogP contribution in [0.5, 0.6) is 0 Å². The molecular weight excluding hydrogens is 324 g/mol. The molecule has 1 N–H and O–H groups in total. The van der Waals surface area contributed by atoms with Crippen LogP contribution in [0.4, 0.5) is 0 Å². The maximum atomic E-state index is 6.40. The lowest BCUT2D eigenvalue weighted by Gasteiger charge is -2.31. The van der Waals surface area contributed by atoms with Gasteiger partial charge in [0, 0.05) is 28.1 Å². The molecule has 0 bridgehead atoms. The fourth-order valence-electron chi connectivity index (χ4n) is 3.73. The lowest BCUT2D eigenvalue weighted by molar-refractivity contribution is 0.182. The molecule has 19 heavy (non-hydrogen) atoms. The summed E-state index contributed by atoms with van der Waals surface area (Å²) in [5.41, 5.74) is 1.24.